The molecule has 0 saturated heterocycles. The van der Waals surface area contributed by atoms with Crippen molar-refractivity contribution in [2.75, 3.05) is 7.11 Å². The summed E-state index contributed by atoms with van der Waals surface area (Å²) in [5, 5.41) is 0.960. The van der Waals surface area contributed by atoms with Crippen LogP contribution >= 0.6 is 11.3 Å². The van der Waals surface area contributed by atoms with Crippen LogP contribution in [0.1, 0.15) is 15.9 Å². The smallest absolute Gasteiger partial charge is 0.337 e. The zero-order chi connectivity index (χ0) is 14.1. The van der Waals surface area contributed by atoms with Gasteiger partial charge >= 0.3 is 5.97 Å². The molecule has 1 heterocycles. The SMILES string of the molecule is COC(=O)c1ccc2sc(-c3ccc(C)cc3)nc2c1. The average molecular weight is 283 g/mol. The number of nitrogens with zero attached hydrogens (tertiary/aromatic N) is 1. The van der Waals surface area contributed by atoms with Gasteiger partial charge in [0, 0.05) is 5.56 Å². The second kappa shape index (κ2) is 5.06. The third-order valence-corrected chi connectivity index (χ3v) is 4.19. The van der Waals surface area contributed by atoms with E-state index in [0.29, 0.717) is 5.56 Å². The van der Waals surface area contributed by atoms with Crippen LogP contribution in [0.15, 0.2) is 42.5 Å². The van der Waals surface area contributed by atoms with Crippen molar-refractivity contribution in [2.24, 2.45) is 0 Å². The van der Waals surface area contributed by atoms with E-state index in [0.717, 1.165) is 20.8 Å². The first kappa shape index (κ1) is 12.8. The molecule has 0 aliphatic heterocycles. The third-order valence-electron chi connectivity index (χ3n) is 3.11. The lowest BCUT2D eigenvalue weighted by Gasteiger charge is -1.97. The van der Waals surface area contributed by atoms with Gasteiger partial charge in [0.05, 0.1) is 22.9 Å². The van der Waals surface area contributed by atoms with Crippen molar-refractivity contribution in [3.63, 3.8) is 0 Å². The minimum absolute atomic E-state index is 0.336. The molecule has 20 heavy (non-hydrogen) atoms. The third kappa shape index (κ3) is 2.30. The van der Waals surface area contributed by atoms with Gasteiger partial charge in [0.2, 0.25) is 0 Å². The Morgan fingerprint density at radius 1 is 1.15 bits per heavy atom. The lowest BCUT2D eigenvalue weighted by Crippen LogP contribution is -2.00. The van der Waals surface area contributed by atoms with E-state index in [1.54, 1.807) is 23.5 Å². The fraction of sp³-hybridized carbons (Fsp3) is 0.125. The molecule has 0 N–H and O–H groups in total. The maximum atomic E-state index is 11.5. The van der Waals surface area contributed by atoms with E-state index in [1.165, 1.54) is 12.7 Å². The molecule has 100 valence electrons. The first-order valence-electron chi connectivity index (χ1n) is 6.23. The number of ether oxygens (including phenoxy) is 1. The summed E-state index contributed by atoms with van der Waals surface area (Å²) < 4.78 is 5.79. The van der Waals surface area contributed by atoms with Crippen LogP contribution in [0.3, 0.4) is 0 Å². The number of carbonyl (C=O) groups excluding carboxylic acids is 1. The first-order chi connectivity index (χ1) is 9.67. The van der Waals surface area contributed by atoms with E-state index in [9.17, 15) is 4.79 Å². The highest BCUT2D eigenvalue weighted by Gasteiger charge is 2.10. The topological polar surface area (TPSA) is 39.2 Å². The Morgan fingerprint density at radius 2 is 1.90 bits per heavy atom. The molecular weight excluding hydrogens is 270 g/mol. The highest BCUT2D eigenvalue weighted by molar-refractivity contribution is 7.21. The molecule has 0 spiro atoms. The summed E-state index contributed by atoms with van der Waals surface area (Å²) in [7, 11) is 1.38. The van der Waals surface area contributed by atoms with Crippen molar-refractivity contribution < 1.29 is 9.53 Å². The average Bonchev–Trinajstić information content (AvgIpc) is 2.90. The number of benzene rings is 2. The summed E-state index contributed by atoms with van der Waals surface area (Å²) in [6.07, 6.45) is 0. The summed E-state index contributed by atoms with van der Waals surface area (Å²) in [6.45, 7) is 2.06. The van der Waals surface area contributed by atoms with E-state index in [1.807, 2.05) is 6.07 Å². The molecule has 0 fully saturated rings. The molecule has 0 unspecified atom stereocenters. The second-order valence-electron chi connectivity index (χ2n) is 4.56. The molecular formula is C16H13NO2S. The maximum Gasteiger partial charge on any atom is 0.337 e. The lowest BCUT2D eigenvalue weighted by atomic mass is 10.1. The number of methoxy groups -OCH3 is 1. The quantitative estimate of drug-likeness (QED) is 0.666. The Bertz CT molecular complexity index is 775. The van der Waals surface area contributed by atoms with E-state index in [-0.39, 0.29) is 5.97 Å². The van der Waals surface area contributed by atoms with Crippen LogP contribution in [-0.4, -0.2) is 18.1 Å². The van der Waals surface area contributed by atoms with Gasteiger partial charge in [-0.05, 0) is 25.1 Å². The van der Waals surface area contributed by atoms with Crippen LogP contribution in [0.25, 0.3) is 20.8 Å². The number of esters is 1. The maximum absolute atomic E-state index is 11.5. The highest BCUT2D eigenvalue weighted by atomic mass is 32.1. The number of carbonyl (C=O) groups is 1. The van der Waals surface area contributed by atoms with Crippen LogP contribution in [0.4, 0.5) is 0 Å². The number of thiazole rings is 1. The standard InChI is InChI=1S/C16H13NO2S/c1-10-3-5-11(6-4-10)15-17-13-9-12(16(18)19-2)7-8-14(13)20-15/h3-9H,1-2H3. The van der Waals surface area contributed by atoms with Gasteiger partial charge in [-0.2, -0.15) is 0 Å². The van der Waals surface area contributed by atoms with Crippen LogP contribution < -0.4 is 0 Å². The fourth-order valence-electron chi connectivity index (χ4n) is 1.99. The number of aryl methyl sites for hydroxylation is 1. The highest BCUT2D eigenvalue weighted by Crippen LogP contribution is 2.30. The molecule has 0 bridgehead atoms. The Balaban J connectivity index is 2.06. The molecule has 3 nitrogen and oxygen atoms in total. The summed E-state index contributed by atoms with van der Waals surface area (Å²) in [6, 6.07) is 13.7. The second-order valence-corrected chi connectivity index (χ2v) is 5.59. The molecule has 0 amide bonds. The summed E-state index contributed by atoms with van der Waals surface area (Å²) >= 11 is 1.62. The predicted octanol–water partition coefficient (Wildman–Crippen LogP) is 4.06. The van der Waals surface area contributed by atoms with Gasteiger partial charge in [-0.15, -0.1) is 11.3 Å². The predicted molar refractivity (Wildman–Crippen MR) is 81.1 cm³/mol. The Kier molecular flexibility index (Phi) is 3.24. The minimum Gasteiger partial charge on any atom is -0.465 e. The van der Waals surface area contributed by atoms with Gasteiger partial charge < -0.3 is 4.74 Å². The Morgan fingerprint density at radius 3 is 2.60 bits per heavy atom. The van der Waals surface area contributed by atoms with Gasteiger partial charge in [0.15, 0.2) is 0 Å². The van der Waals surface area contributed by atoms with Crippen LogP contribution in [0, 0.1) is 6.92 Å². The van der Waals surface area contributed by atoms with E-state index in [4.69, 9.17) is 4.74 Å². The summed E-state index contributed by atoms with van der Waals surface area (Å²) in [5.41, 5.74) is 3.67. The molecule has 1 aromatic heterocycles. The van der Waals surface area contributed by atoms with Gasteiger partial charge in [-0.1, -0.05) is 29.8 Å². The summed E-state index contributed by atoms with van der Waals surface area (Å²) in [5.74, 6) is -0.336. The fourth-order valence-corrected chi connectivity index (χ4v) is 2.94. The number of rotatable bonds is 2. The van der Waals surface area contributed by atoms with Gasteiger partial charge in [-0.3, -0.25) is 0 Å². The lowest BCUT2D eigenvalue weighted by molar-refractivity contribution is 0.0601. The van der Waals surface area contributed by atoms with Crippen LogP contribution in [-0.2, 0) is 4.74 Å². The monoisotopic (exact) mass is 283 g/mol. The van der Waals surface area contributed by atoms with Crippen molar-refractivity contribution >= 4 is 27.5 Å². The van der Waals surface area contributed by atoms with E-state index < -0.39 is 0 Å². The number of hydrogen-bond donors (Lipinski definition) is 0. The molecule has 0 saturated carbocycles. The molecule has 0 radical (unpaired) electrons. The van der Waals surface area contributed by atoms with Gasteiger partial charge in [0.1, 0.15) is 5.01 Å². The van der Waals surface area contributed by atoms with Crippen molar-refractivity contribution in [3.05, 3.63) is 53.6 Å². The molecule has 0 aliphatic rings. The van der Waals surface area contributed by atoms with E-state index >= 15 is 0 Å². The molecule has 0 aliphatic carbocycles. The number of fused-ring (bicyclic) bond motifs is 1. The number of aromatic nitrogens is 1. The molecule has 3 rings (SSSR count). The van der Waals surface area contributed by atoms with Crippen molar-refractivity contribution in [1.29, 1.82) is 0 Å². The normalized spacial score (nSPS) is 10.7. The van der Waals surface area contributed by atoms with Gasteiger partial charge in [0.25, 0.3) is 0 Å². The molecule has 3 aromatic rings. The van der Waals surface area contributed by atoms with Crippen molar-refractivity contribution in [1.82, 2.24) is 4.98 Å². The minimum atomic E-state index is -0.336. The molecule has 0 atom stereocenters. The molecule has 2 aromatic carbocycles. The van der Waals surface area contributed by atoms with Gasteiger partial charge in [-0.25, -0.2) is 9.78 Å². The summed E-state index contributed by atoms with van der Waals surface area (Å²) in [4.78, 5) is 16.1. The first-order valence-corrected chi connectivity index (χ1v) is 7.05. The van der Waals surface area contributed by atoms with Crippen molar-refractivity contribution in [3.8, 4) is 10.6 Å². The molecule has 4 heteroatoms. The number of hydrogen-bond acceptors (Lipinski definition) is 4. The van der Waals surface area contributed by atoms with Crippen LogP contribution in [0.5, 0.6) is 0 Å². The van der Waals surface area contributed by atoms with E-state index in [2.05, 4.69) is 36.2 Å². The zero-order valence-corrected chi connectivity index (χ0v) is 12.0. The largest absolute Gasteiger partial charge is 0.465 e. The zero-order valence-electron chi connectivity index (χ0n) is 11.2. The Hall–Kier alpha value is -2.20. The Labute approximate surface area is 120 Å². The van der Waals surface area contributed by atoms with Crippen molar-refractivity contribution in [2.45, 2.75) is 6.92 Å². The van der Waals surface area contributed by atoms with Crippen LogP contribution in [0.2, 0.25) is 0 Å².